The summed E-state index contributed by atoms with van der Waals surface area (Å²) in [5, 5.41) is 0. The van der Waals surface area contributed by atoms with Gasteiger partial charge in [0.1, 0.15) is 0 Å². The van der Waals surface area contributed by atoms with Gasteiger partial charge in [-0.15, -0.1) is 0 Å². The molecule has 31 valence electrons. The second-order valence-electron chi connectivity index (χ2n) is 0.224. The van der Waals surface area contributed by atoms with E-state index in [0.29, 0.717) is 0 Å². The monoisotopic (exact) mass is 135 g/mol. The van der Waals surface area contributed by atoms with E-state index in [-0.39, 0.29) is 17.1 Å². The largest absolute Gasteiger partial charge is 3.00 e. The number of hydrogen-bond donors (Lipinski definition) is 0. The van der Waals surface area contributed by atoms with Crippen molar-refractivity contribution >= 4 is 8.60 Å². The second-order valence-corrected chi connectivity index (χ2v) is 0.671. The molecule has 3 nitrogen and oxygen atoms in total. The minimum atomic E-state index is -3.37. The van der Waals surface area contributed by atoms with E-state index in [1.165, 1.54) is 0 Å². The van der Waals surface area contributed by atoms with Gasteiger partial charge in [-0.2, -0.15) is 0 Å². The van der Waals surface area contributed by atoms with Crippen molar-refractivity contribution in [1.29, 1.82) is 0 Å². The first-order valence-electron chi connectivity index (χ1n) is 0.548. The molecule has 0 heterocycles. The van der Waals surface area contributed by atoms with Gasteiger partial charge in [0.15, 0.2) is 0 Å². The van der Waals surface area contributed by atoms with Gasteiger partial charge in [0.25, 0.3) is 0 Å². The standard InChI is InChI=1S/Fe.O3P/c;1-4(2)3/q+3;-3. The summed E-state index contributed by atoms with van der Waals surface area (Å²) >= 11 is 0. The summed E-state index contributed by atoms with van der Waals surface area (Å²) in [6.07, 6.45) is 0. The Morgan fingerprint density at radius 3 is 1.00 bits per heavy atom. The first-order valence-corrected chi connectivity index (χ1v) is 1.64. The Balaban J connectivity index is 0. The van der Waals surface area contributed by atoms with Crippen molar-refractivity contribution in [1.82, 2.24) is 0 Å². The fourth-order valence-corrected chi connectivity index (χ4v) is 0. The third kappa shape index (κ3) is 56.2. The molecule has 0 aliphatic carbocycles. The van der Waals surface area contributed by atoms with Crippen LogP contribution >= 0.6 is 8.60 Å². The zero-order valence-electron chi connectivity index (χ0n) is 2.03. The van der Waals surface area contributed by atoms with Gasteiger partial charge in [-0.1, -0.05) is 0 Å². The molecule has 0 aromatic carbocycles. The predicted octanol–water partition coefficient (Wildman–Crippen LogP) is -2.71. The van der Waals surface area contributed by atoms with Crippen molar-refractivity contribution in [3.8, 4) is 0 Å². The summed E-state index contributed by atoms with van der Waals surface area (Å²) in [7, 11) is -3.37. The van der Waals surface area contributed by atoms with Crippen LogP contribution in [0.25, 0.3) is 0 Å². The minimum Gasteiger partial charge on any atom is -0.854 e. The van der Waals surface area contributed by atoms with Crippen LogP contribution in [0.3, 0.4) is 0 Å². The van der Waals surface area contributed by atoms with Crippen molar-refractivity contribution < 1.29 is 31.7 Å². The summed E-state index contributed by atoms with van der Waals surface area (Å²) in [4.78, 5) is 25.4. The maximum absolute atomic E-state index is 8.48. The quantitative estimate of drug-likeness (QED) is 0.268. The molecule has 0 spiro atoms. The smallest absolute Gasteiger partial charge is 0.854 e. The summed E-state index contributed by atoms with van der Waals surface area (Å²) < 4.78 is 0. The molecule has 0 unspecified atom stereocenters. The molecule has 0 amide bonds. The fraction of sp³-hybridized carbons (Fsp3) is 0. The molecule has 5 heavy (non-hydrogen) atoms. The van der Waals surface area contributed by atoms with Crippen molar-refractivity contribution in [3.05, 3.63) is 0 Å². The van der Waals surface area contributed by atoms with Gasteiger partial charge in [0.05, 0.1) is 0 Å². The summed E-state index contributed by atoms with van der Waals surface area (Å²) in [5.74, 6) is 0. The molecule has 0 aliphatic rings. The fourth-order valence-electron chi connectivity index (χ4n) is 0. The Kier molecular flexibility index (Phi) is 8.96. The van der Waals surface area contributed by atoms with Crippen LogP contribution in [-0.2, 0) is 17.1 Å². The molecule has 0 bridgehead atoms. The Labute approximate surface area is 41.1 Å². The molecule has 0 aliphatic heterocycles. The van der Waals surface area contributed by atoms with Crippen molar-refractivity contribution in [2.75, 3.05) is 0 Å². The predicted molar refractivity (Wildman–Crippen MR) is 6.92 cm³/mol. The molecule has 5 heteroatoms. The molecule has 0 saturated carbocycles. The summed E-state index contributed by atoms with van der Waals surface area (Å²) in [5.41, 5.74) is 0. The minimum absolute atomic E-state index is 0. The molecule has 0 aromatic rings. The molecular weight excluding hydrogens is 135 g/mol. The maximum atomic E-state index is 8.48. The van der Waals surface area contributed by atoms with Crippen LogP contribution < -0.4 is 14.7 Å². The zero-order chi connectivity index (χ0) is 3.58. The van der Waals surface area contributed by atoms with Crippen molar-refractivity contribution in [3.63, 3.8) is 0 Å². The molecular formula is FeO3P. The Morgan fingerprint density at radius 2 is 1.00 bits per heavy atom. The Hall–Kier alpha value is 0.829. The SMILES string of the molecule is [Fe+3].[O-]P([O-])[O-]. The van der Waals surface area contributed by atoms with Crippen LogP contribution in [-0.4, -0.2) is 0 Å². The van der Waals surface area contributed by atoms with Crippen LogP contribution in [0, 0.1) is 0 Å². The average molecular weight is 135 g/mol. The van der Waals surface area contributed by atoms with E-state index in [1.54, 1.807) is 0 Å². The average Bonchev–Trinajstić information content (AvgIpc) is 0.811. The summed E-state index contributed by atoms with van der Waals surface area (Å²) in [6, 6.07) is 0. The summed E-state index contributed by atoms with van der Waals surface area (Å²) in [6.45, 7) is 0. The van der Waals surface area contributed by atoms with Gasteiger partial charge in [-0.25, -0.2) is 0 Å². The zero-order valence-corrected chi connectivity index (χ0v) is 4.02. The van der Waals surface area contributed by atoms with E-state index in [1.807, 2.05) is 0 Å². The number of rotatable bonds is 0. The van der Waals surface area contributed by atoms with Crippen LogP contribution in [0.1, 0.15) is 0 Å². The van der Waals surface area contributed by atoms with Crippen molar-refractivity contribution in [2.24, 2.45) is 0 Å². The van der Waals surface area contributed by atoms with Crippen molar-refractivity contribution in [2.45, 2.75) is 0 Å². The molecule has 0 saturated heterocycles. The van der Waals surface area contributed by atoms with Gasteiger partial charge in [-0.05, 0) is 0 Å². The Morgan fingerprint density at radius 1 is 1.00 bits per heavy atom. The van der Waals surface area contributed by atoms with E-state index in [0.717, 1.165) is 0 Å². The van der Waals surface area contributed by atoms with Gasteiger partial charge >= 0.3 is 17.1 Å². The third-order valence-electron chi connectivity index (χ3n) is 0. The number of hydrogen-bond acceptors (Lipinski definition) is 3. The normalized spacial score (nSPS) is 7.20. The topological polar surface area (TPSA) is 69.2 Å². The van der Waals surface area contributed by atoms with Gasteiger partial charge in [-0.3, -0.25) is 0 Å². The molecule has 1 radical (unpaired) electrons. The molecule has 0 rings (SSSR count). The second kappa shape index (κ2) is 4.83. The molecule has 0 fully saturated rings. The Bertz CT molecular complexity index is 11.6. The van der Waals surface area contributed by atoms with E-state index in [4.69, 9.17) is 14.7 Å². The van der Waals surface area contributed by atoms with Gasteiger partial charge in [0.2, 0.25) is 0 Å². The van der Waals surface area contributed by atoms with Gasteiger partial charge in [0, 0.05) is 0 Å². The van der Waals surface area contributed by atoms with Gasteiger partial charge < -0.3 is 23.3 Å². The van der Waals surface area contributed by atoms with Crippen LogP contribution in [0.5, 0.6) is 0 Å². The van der Waals surface area contributed by atoms with Crippen LogP contribution in [0.15, 0.2) is 0 Å². The first-order chi connectivity index (χ1) is 1.73. The van der Waals surface area contributed by atoms with E-state index in [9.17, 15) is 0 Å². The maximum Gasteiger partial charge on any atom is 3.00 e. The molecule has 0 aromatic heterocycles. The molecule has 0 N–H and O–H groups in total. The van der Waals surface area contributed by atoms with Crippen LogP contribution in [0.2, 0.25) is 0 Å². The third-order valence-corrected chi connectivity index (χ3v) is 0. The van der Waals surface area contributed by atoms with E-state index >= 15 is 0 Å². The molecule has 0 atom stereocenters. The van der Waals surface area contributed by atoms with E-state index in [2.05, 4.69) is 0 Å². The van der Waals surface area contributed by atoms with Crippen LogP contribution in [0.4, 0.5) is 0 Å². The van der Waals surface area contributed by atoms with E-state index < -0.39 is 8.60 Å². The first kappa shape index (κ1) is 9.27.